The number of hydrogen-bond acceptors (Lipinski definition) is 10. The molecule has 2 bridgehead atoms. The number of methoxy groups -OCH3 is 1. The first-order chi connectivity index (χ1) is 25.8. The zero-order chi connectivity index (χ0) is 37.8. The lowest BCUT2D eigenvalue weighted by Crippen LogP contribution is -2.57. The minimum absolute atomic E-state index is 0.0772. The summed E-state index contributed by atoms with van der Waals surface area (Å²) in [5, 5.41) is 12.3. The van der Waals surface area contributed by atoms with Gasteiger partial charge < -0.3 is 39.2 Å². The molecule has 13 heteroatoms. The predicted octanol–water partition coefficient (Wildman–Crippen LogP) is 2.64. The van der Waals surface area contributed by atoms with Crippen LogP contribution in [0.3, 0.4) is 0 Å². The lowest BCUT2D eigenvalue weighted by Gasteiger charge is -2.37. The molecule has 3 amide bonds. The van der Waals surface area contributed by atoms with E-state index in [9.17, 15) is 24.3 Å². The van der Waals surface area contributed by atoms with Crippen LogP contribution in [0.25, 0.3) is 0 Å². The van der Waals surface area contributed by atoms with Crippen molar-refractivity contribution in [2.24, 2.45) is 11.8 Å². The fraction of sp³-hybridized carbons (Fsp3) is 0.650. The second kappa shape index (κ2) is 19.6. The minimum Gasteiger partial charge on any atom is -0.455 e. The van der Waals surface area contributed by atoms with E-state index in [0.29, 0.717) is 77.1 Å². The summed E-state index contributed by atoms with van der Waals surface area (Å²) in [5.74, 6) is -3.14. The van der Waals surface area contributed by atoms with Crippen molar-refractivity contribution >= 4 is 23.7 Å². The van der Waals surface area contributed by atoms with Crippen LogP contribution in [0.2, 0.25) is 0 Å². The number of carbonyl (C=O) groups excluding carboxylic acids is 4. The van der Waals surface area contributed by atoms with E-state index in [1.807, 2.05) is 30.3 Å². The van der Waals surface area contributed by atoms with Gasteiger partial charge in [-0.05, 0) is 37.7 Å². The van der Waals surface area contributed by atoms with Gasteiger partial charge in [0.05, 0.1) is 43.8 Å². The number of hydrogen-bond donors (Lipinski definition) is 2. The van der Waals surface area contributed by atoms with Crippen LogP contribution in [0.1, 0.15) is 63.0 Å². The molecule has 53 heavy (non-hydrogen) atoms. The van der Waals surface area contributed by atoms with Crippen LogP contribution < -0.4 is 5.32 Å². The Labute approximate surface area is 313 Å². The summed E-state index contributed by atoms with van der Waals surface area (Å²) < 4.78 is 24.1. The molecule has 4 saturated heterocycles. The van der Waals surface area contributed by atoms with Gasteiger partial charge in [-0.15, -0.1) is 13.2 Å². The average molecular weight is 739 g/mol. The summed E-state index contributed by atoms with van der Waals surface area (Å²) in [4.78, 5) is 62.5. The normalized spacial score (nSPS) is 26.2. The fourth-order valence-electron chi connectivity index (χ4n) is 8.52. The molecule has 2 N–H and O–H groups in total. The molecule has 1 spiro atoms. The topological polar surface area (TPSA) is 147 Å². The highest BCUT2D eigenvalue weighted by Gasteiger charge is 2.75. The molecule has 0 saturated carbocycles. The second-order valence-corrected chi connectivity index (χ2v) is 14.5. The Balaban J connectivity index is 1.42. The number of rotatable bonds is 22. The lowest BCUT2D eigenvalue weighted by molar-refractivity contribution is -0.163. The quantitative estimate of drug-likeness (QED) is 0.103. The molecule has 0 aromatic heterocycles. The molecule has 13 nitrogen and oxygen atoms in total. The largest absolute Gasteiger partial charge is 0.455 e. The molecule has 4 fully saturated rings. The van der Waals surface area contributed by atoms with Crippen molar-refractivity contribution in [1.29, 1.82) is 0 Å². The minimum atomic E-state index is -1.18. The zero-order valence-corrected chi connectivity index (χ0v) is 31.2. The Morgan fingerprint density at radius 2 is 1.85 bits per heavy atom. The number of amides is 3. The number of ether oxygens (including phenoxy) is 4. The van der Waals surface area contributed by atoms with E-state index in [-0.39, 0.29) is 37.4 Å². The number of fused-ring (bicyclic) bond motifs is 1. The third-order valence-electron chi connectivity index (χ3n) is 11.1. The number of aliphatic hydroxyl groups excluding tert-OH is 1. The number of likely N-dealkylation sites (tertiary alicyclic amines) is 1. The molecule has 1 aromatic carbocycles. The number of morpholine rings is 1. The molecular formula is C40H58N4O9. The number of esters is 1. The summed E-state index contributed by atoms with van der Waals surface area (Å²) >= 11 is 0. The van der Waals surface area contributed by atoms with Crippen LogP contribution >= 0.6 is 0 Å². The molecule has 5 rings (SSSR count). The third-order valence-corrected chi connectivity index (χ3v) is 11.1. The Hall–Kier alpha value is -3.62. The van der Waals surface area contributed by atoms with E-state index in [1.54, 1.807) is 22.0 Å². The van der Waals surface area contributed by atoms with Gasteiger partial charge in [-0.2, -0.15) is 0 Å². The van der Waals surface area contributed by atoms with Gasteiger partial charge in [-0.25, -0.2) is 0 Å². The monoisotopic (exact) mass is 738 g/mol. The molecule has 7 atom stereocenters. The first-order valence-electron chi connectivity index (χ1n) is 19.2. The number of allylic oxidation sites excluding steroid dienone is 1. The summed E-state index contributed by atoms with van der Waals surface area (Å²) in [6.45, 7) is 12.4. The standard InChI is InChI=1S/C40H58N4O9/c1-4-6-16-32(46)41-30(28-50-3)35(29-14-10-9-11-15-29)52-39(49)33-31-17-18-40(53-31)34(33)37(47)44(20-12-7-8-13-25-45)36(40)38(48)43(19-5-2)22-21-42-23-26-51-27-24-42/h4-5,9-11,14-15,30-31,33-36,45H,1-2,6-8,12-13,16-28H2,3H3,(H,41,46)/t30-,31-,33+,34+,35-,36-,40+/m1/s1. The maximum Gasteiger partial charge on any atom is 0.313 e. The molecule has 0 aliphatic carbocycles. The maximum absolute atomic E-state index is 14.8. The van der Waals surface area contributed by atoms with Gasteiger partial charge in [0.15, 0.2) is 0 Å². The number of carbonyl (C=O) groups is 4. The van der Waals surface area contributed by atoms with Crippen LogP contribution in [0, 0.1) is 11.8 Å². The van der Waals surface area contributed by atoms with Gasteiger partial charge in [-0.1, -0.05) is 55.3 Å². The number of unbranched alkanes of at least 4 members (excludes halogenated alkanes) is 3. The van der Waals surface area contributed by atoms with Gasteiger partial charge in [-0.3, -0.25) is 24.1 Å². The first-order valence-corrected chi connectivity index (χ1v) is 19.2. The summed E-state index contributed by atoms with van der Waals surface area (Å²) in [6.07, 6.45) is 6.43. The summed E-state index contributed by atoms with van der Waals surface area (Å²) in [6, 6.07) is 7.56. The Morgan fingerprint density at radius 3 is 2.55 bits per heavy atom. The van der Waals surface area contributed by atoms with Crippen LogP contribution in [-0.2, 0) is 38.1 Å². The third kappa shape index (κ3) is 9.37. The lowest BCUT2D eigenvalue weighted by atomic mass is 9.70. The summed E-state index contributed by atoms with van der Waals surface area (Å²) in [5.41, 5.74) is -0.514. The number of nitrogens with one attached hydrogen (secondary N) is 1. The molecule has 4 heterocycles. The van der Waals surface area contributed by atoms with Crippen molar-refractivity contribution in [3.63, 3.8) is 0 Å². The van der Waals surface area contributed by atoms with E-state index >= 15 is 0 Å². The molecule has 4 aliphatic rings. The van der Waals surface area contributed by atoms with E-state index in [0.717, 1.165) is 25.9 Å². The molecule has 0 radical (unpaired) electrons. The van der Waals surface area contributed by atoms with Crippen molar-refractivity contribution in [1.82, 2.24) is 20.0 Å². The van der Waals surface area contributed by atoms with Gasteiger partial charge in [0, 0.05) is 59.4 Å². The van der Waals surface area contributed by atoms with Gasteiger partial charge in [0.25, 0.3) is 0 Å². The Morgan fingerprint density at radius 1 is 1.09 bits per heavy atom. The van der Waals surface area contributed by atoms with Crippen LogP contribution in [0.4, 0.5) is 0 Å². The maximum atomic E-state index is 14.8. The van der Waals surface area contributed by atoms with E-state index in [1.165, 1.54) is 7.11 Å². The van der Waals surface area contributed by atoms with E-state index in [2.05, 4.69) is 23.4 Å². The highest BCUT2D eigenvalue weighted by atomic mass is 16.6. The van der Waals surface area contributed by atoms with Crippen LogP contribution in [-0.4, -0.2) is 140 Å². The van der Waals surface area contributed by atoms with Crippen molar-refractivity contribution in [3.8, 4) is 0 Å². The van der Waals surface area contributed by atoms with Crippen molar-refractivity contribution in [2.45, 2.75) is 81.3 Å². The molecule has 4 aliphatic heterocycles. The average Bonchev–Trinajstić information content (AvgIpc) is 3.82. The summed E-state index contributed by atoms with van der Waals surface area (Å²) in [7, 11) is 1.52. The zero-order valence-electron chi connectivity index (χ0n) is 31.2. The van der Waals surface area contributed by atoms with Crippen molar-refractivity contribution < 1.29 is 43.2 Å². The van der Waals surface area contributed by atoms with Gasteiger partial charge in [0.1, 0.15) is 17.7 Å². The fourth-order valence-corrected chi connectivity index (χ4v) is 8.52. The van der Waals surface area contributed by atoms with E-state index in [4.69, 9.17) is 18.9 Å². The number of nitrogens with zero attached hydrogens (tertiary/aromatic N) is 3. The predicted molar refractivity (Wildman–Crippen MR) is 197 cm³/mol. The van der Waals surface area contributed by atoms with Crippen molar-refractivity contribution in [3.05, 3.63) is 61.2 Å². The van der Waals surface area contributed by atoms with Gasteiger partial charge in [0.2, 0.25) is 17.7 Å². The number of benzene rings is 1. The Kier molecular flexibility index (Phi) is 15.0. The van der Waals surface area contributed by atoms with E-state index < -0.39 is 47.7 Å². The number of aliphatic hydroxyl groups is 1. The smallest absolute Gasteiger partial charge is 0.313 e. The Bertz CT molecular complexity index is 1410. The van der Waals surface area contributed by atoms with Crippen molar-refractivity contribution in [2.75, 3.05) is 72.8 Å². The molecule has 1 aromatic rings. The SMILES string of the molecule is C=CCCC(=O)N[C@H](COC)[C@H](OC(=O)[C@@H]1[C@H]2C(=O)N(CCCCCCO)[C@H](C(=O)N(CC=C)CCN3CCOCC3)[C@]23CC[C@H]1O3)c1ccccc1. The van der Waals surface area contributed by atoms with Crippen LogP contribution in [0.15, 0.2) is 55.6 Å². The van der Waals surface area contributed by atoms with Crippen LogP contribution in [0.5, 0.6) is 0 Å². The molecule has 292 valence electrons. The molecule has 0 unspecified atom stereocenters. The first kappa shape index (κ1) is 40.6. The second-order valence-electron chi connectivity index (χ2n) is 14.5. The highest BCUT2D eigenvalue weighted by molar-refractivity contribution is 5.98. The molecular weight excluding hydrogens is 680 g/mol. The highest BCUT2D eigenvalue weighted by Crippen LogP contribution is 2.59. The van der Waals surface area contributed by atoms with Gasteiger partial charge >= 0.3 is 5.97 Å².